The first-order valence-corrected chi connectivity index (χ1v) is 3.99. The lowest BCUT2D eigenvalue weighted by Gasteiger charge is -2.17. The van der Waals surface area contributed by atoms with Gasteiger partial charge in [-0.3, -0.25) is 0 Å². The van der Waals surface area contributed by atoms with Crippen molar-refractivity contribution in [1.82, 2.24) is 5.32 Å². The summed E-state index contributed by atoms with van der Waals surface area (Å²) in [5.74, 6) is 0.664. The maximum atomic E-state index is 8.94. The predicted octanol–water partition coefficient (Wildman–Crippen LogP) is 0.900. The topological polar surface area (TPSA) is 35.8 Å². The van der Waals surface area contributed by atoms with Gasteiger partial charge in [-0.15, -0.1) is 0 Å². The van der Waals surface area contributed by atoms with Gasteiger partial charge in [0.05, 0.1) is 11.5 Å². The van der Waals surface area contributed by atoms with Gasteiger partial charge in [0.1, 0.15) is 0 Å². The molecule has 0 bridgehead atoms. The molecule has 2 rings (SSSR count). The molecule has 1 saturated heterocycles. The molecule has 2 fully saturated rings. The van der Waals surface area contributed by atoms with Crippen molar-refractivity contribution in [2.24, 2.45) is 11.3 Å². The van der Waals surface area contributed by atoms with Crippen LogP contribution in [0, 0.1) is 22.7 Å². The summed E-state index contributed by atoms with van der Waals surface area (Å²) in [4.78, 5) is 0. The molecule has 0 aromatic rings. The number of nitrogens with zero attached hydrogens (tertiary/aromatic N) is 1. The van der Waals surface area contributed by atoms with Crippen molar-refractivity contribution in [3.63, 3.8) is 0 Å². The maximum absolute atomic E-state index is 8.94. The standard InChI is InChI=1S/C8H12N2/c9-5-8-3-1-2-7(8)4-10-6-8/h7,10H,1-4,6H2/t7-,8-/m0/s1. The number of nitrogens with one attached hydrogen (secondary N) is 1. The number of fused-ring (bicyclic) bond motifs is 1. The molecule has 0 aromatic carbocycles. The zero-order chi connectivity index (χ0) is 7.03. The van der Waals surface area contributed by atoms with Crippen LogP contribution in [0.1, 0.15) is 19.3 Å². The smallest absolute Gasteiger partial charge is 0.0738 e. The van der Waals surface area contributed by atoms with Crippen molar-refractivity contribution in [2.45, 2.75) is 19.3 Å². The predicted molar refractivity (Wildman–Crippen MR) is 38.3 cm³/mol. The fourth-order valence-corrected chi connectivity index (χ4v) is 2.33. The summed E-state index contributed by atoms with van der Waals surface area (Å²) in [6.07, 6.45) is 3.65. The fraction of sp³-hybridized carbons (Fsp3) is 0.875. The highest BCUT2D eigenvalue weighted by Gasteiger charge is 2.46. The minimum atomic E-state index is 0.0417. The highest BCUT2D eigenvalue weighted by atomic mass is 14.9. The van der Waals surface area contributed by atoms with Crippen LogP contribution in [0.15, 0.2) is 0 Å². The van der Waals surface area contributed by atoms with E-state index in [0.717, 1.165) is 19.5 Å². The van der Waals surface area contributed by atoms with E-state index >= 15 is 0 Å². The van der Waals surface area contributed by atoms with Crippen LogP contribution in [0.3, 0.4) is 0 Å². The summed E-state index contributed by atoms with van der Waals surface area (Å²) in [5, 5.41) is 12.2. The SMILES string of the molecule is N#C[C@]12CCC[C@H]1CNC2. The summed E-state index contributed by atoms with van der Waals surface area (Å²) in [6, 6.07) is 2.48. The quantitative estimate of drug-likeness (QED) is 0.537. The van der Waals surface area contributed by atoms with Crippen molar-refractivity contribution in [3.05, 3.63) is 0 Å². The van der Waals surface area contributed by atoms with Crippen LogP contribution in [0.4, 0.5) is 0 Å². The second kappa shape index (κ2) is 1.96. The summed E-state index contributed by atoms with van der Waals surface area (Å²) in [5.41, 5.74) is 0.0417. The zero-order valence-electron chi connectivity index (χ0n) is 6.06. The Labute approximate surface area is 61.2 Å². The number of hydrogen-bond acceptors (Lipinski definition) is 2. The Bertz CT molecular complexity index is 170. The molecule has 0 aromatic heterocycles. The molecule has 1 N–H and O–H groups in total. The second-order valence-electron chi connectivity index (χ2n) is 3.49. The van der Waals surface area contributed by atoms with Gasteiger partial charge in [0.2, 0.25) is 0 Å². The van der Waals surface area contributed by atoms with Crippen LogP contribution in [-0.4, -0.2) is 13.1 Å². The third kappa shape index (κ3) is 0.615. The molecule has 1 saturated carbocycles. The van der Waals surface area contributed by atoms with Crippen molar-refractivity contribution < 1.29 is 0 Å². The molecule has 0 radical (unpaired) electrons. The molecule has 10 heavy (non-hydrogen) atoms. The molecule has 0 unspecified atom stereocenters. The van der Waals surface area contributed by atoms with Crippen molar-refractivity contribution in [2.75, 3.05) is 13.1 Å². The molecule has 1 aliphatic heterocycles. The van der Waals surface area contributed by atoms with E-state index < -0.39 is 0 Å². The summed E-state index contributed by atoms with van der Waals surface area (Å²) in [6.45, 7) is 2.02. The van der Waals surface area contributed by atoms with Gasteiger partial charge < -0.3 is 5.32 Å². The van der Waals surface area contributed by atoms with Crippen LogP contribution in [0.25, 0.3) is 0 Å². The Kier molecular flexibility index (Phi) is 1.21. The average Bonchev–Trinajstić information content (AvgIpc) is 2.42. The highest BCUT2D eigenvalue weighted by Crippen LogP contribution is 2.44. The largest absolute Gasteiger partial charge is 0.315 e. The van der Waals surface area contributed by atoms with Crippen molar-refractivity contribution >= 4 is 0 Å². The van der Waals surface area contributed by atoms with Crippen molar-refractivity contribution in [1.29, 1.82) is 5.26 Å². The van der Waals surface area contributed by atoms with Gasteiger partial charge in [-0.2, -0.15) is 5.26 Å². The summed E-state index contributed by atoms with van der Waals surface area (Å²) >= 11 is 0. The Morgan fingerprint density at radius 3 is 3.20 bits per heavy atom. The van der Waals surface area contributed by atoms with E-state index in [9.17, 15) is 0 Å². The van der Waals surface area contributed by atoms with Crippen molar-refractivity contribution in [3.8, 4) is 6.07 Å². The molecule has 0 spiro atoms. The molecule has 1 aliphatic carbocycles. The molecule has 0 amide bonds. The first-order chi connectivity index (χ1) is 4.87. The van der Waals surface area contributed by atoms with E-state index in [4.69, 9.17) is 5.26 Å². The Hall–Kier alpha value is -0.550. The van der Waals surface area contributed by atoms with Gasteiger partial charge in [0.25, 0.3) is 0 Å². The molecule has 54 valence electrons. The summed E-state index contributed by atoms with van der Waals surface area (Å²) < 4.78 is 0. The third-order valence-corrected chi connectivity index (χ3v) is 3.01. The Balaban J connectivity index is 2.25. The molecule has 2 nitrogen and oxygen atoms in total. The van der Waals surface area contributed by atoms with Crippen LogP contribution in [0.2, 0.25) is 0 Å². The van der Waals surface area contributed by atoms with E-state index in [1.807, 2.05) is 0 Å². The molecule has 2 atom stereocenters. The average molecular weight is 136 g/mol. The van der Waals surface area contributed by atoms with Gasteiger partial charge in [0, 0.05) is 6.54 Å². The fourth-order valence-electron chi connectivity index (χ4n) is 2.33. The van der Waals surface area contributed by atoms with Gasteiger partial charge >= 0.3 is 0 Å². The second-order valence-corrected chi connectivity index (χ2v) is 3.49. The molecular weight excluding hydrogens is 124 g/mol. The summed E-state index contributed by atoms with van der Waals surface area (Å²) in [7, 11) is 0. The number of nitriles is 1. The normalized spacial score (nSPS) is 44.9. The minimum Gasteiger partial charge on any atom is -0.315 e. The van der Waals surface area contributed by atoms with Gasteiger partial charge in [0.15, 0.2) is 0 Å². The molecular formula is C8H12N2. The first kappa shape index (κ1) is 6.18. The van der Waals surface area contributed by atoms with Gasteiger partial charge in [-0.25, -0.2) is 0 Å². The Morgan fingerprint density at radius 1 is 1.60 bits per heavy atom. The Morgan fingerprint density at radius 2 is 2.50 bits per heavy atom. The van der Waals surface area contributed by atoms with Crippen LogP contribution in [-0.2, 0) is 0 Å². The lowest BCUT2D eigenvalue weighted by Crippen LogP contribution is -2.22. The lowest BCUT2D eigenvalue weighted by molar-refractivity contribution is 0.374. The zero-order valence-corrected chi connectivity index (χ0v) is 6.06. The van der Waals surface area contributed by atoms with E-state index in [2.05, 4.69) is 11.4 Å². The van der Waals surface area contributed by atoms with Crippen LogP contribution >= 0.6 is 0 Å². The molecule has 2 aliphatic rings. The number of rotatable bonds is 0. The van der Waals surface area contributed by atoms with Crippen LogP contribution < -0.4 is 5.32 Å². The minimum absolute atomic E-state index is 0.0417. The molecule has 1 heterocycles. The monoisotopic (exact) mass is 136 g/mol. The maximum Gasteiger partial charge on any atom is 0.0738 e. The lowest BCUT2D eigenvalue weighted by atomic mass is 9.82. The van der Waals surface area contributed by atoms with Gasteiger partial charge in [-0.05, 0) is 25.3 Å². The highest BCUT2D eigenvalue weighted by molar-refractivity contribution is 5.11. The molecule has 2 heteroatoms. The number of hydrogen-bond donors (Lipinski definition) is 1. The van der Waals surface area contributed by atoms with Gasteiger partial charge in [-0.1, -0.05) is 6.42 Å². The first-order valence-electron chi connectivity index (χ1n) is 3.99. The van der Waals surface area contributed by atoms with E-state index in [1.54, 1.807) is 0 Å². The van der Waals surface area contributed by atoms with E-state index in [0.29, 0.717) is 5.92 Å². The van der Waals surface area contributed by atoms with Crippen LogP contribution in [0.5, 0.6) is 0 Å². The third-order valence-electron chi connectivity index (χ3n) is 3.01. The van der Waals surface area contributed by atoms with E-state index in [1.165, 1.54) is 12.8 Å². The van der Waals surface area contributed by atoms with E-state index in [-0.39, 0.29) is 5.41 Å².